The number of aryl methyl sites for hydroxylation is 2. The van der Waals surface area contributed by atoms with Crippen LogP contribution in [0, 0.1) is 6.92 Å². The summed E-state index contributed by atoms with van der Waals surface area (Å²) in [7, 11) is -3.32. The van der Waals surface area contributed by atoms with Crippen molar-refractivity contribution < 1.29 is 13.2 Å². The molecule has 0 saturated heterocycles. The van der Waals surface area contributed by atoms with Crippen LogP contribution in [0.5, 0.6) is 0 Å². The van der Waals surface area contributed by atoms with Crippen molar-refractivity contribution in [1.29, 1.82) is 0 Å². The molecule has 28 heavy (non-hydrogen) atoms. The first kappa shape index (κ1) is 20.5. The number of benzene rings is 2. The van der Waals surface area contributed by atoms with E-state index in [9.17, 15) is 13.2 Å². The number of halogens is 1. The predicted molar refractivity (Wildman–Crippen MR) is 114 cm³/mol. The maximum absolute atomic E-state index is 12.6. The molecule has 146 valence electrons. The van der Waals surface area contributed by atoms with Crippen molar-refractivity contribution in [1.82, 2.24) is 4.98 Å². The molecule has 5 nitrogen and oxygen atoms in total. The van der Waals surface area contributed by atoms with E-state index in [1.165, 1.54) is 18.2 Å². The van der Waals surface area contributed by atoms with E-state index in [2.05, 4.69) is 10.3 Å². The van der Waals surface area contributed by atoms with Gasteiger partial charge >= 0.3 is 0 Å². The Labute approximate surface area is 173 Å². The second kappa shape index (κ2) is 8.03. The molecule has 0 aliphatic carbocycles. The number of rotatable bonds is 5. The molecule has 0 aliphatic heterocycles. The number of nitrogens with zero attached hydrogens (tertiary/aromatic N) is 1. The van der Waals surface area contributed by atoms with Crippen molar-refractivity contribution >= 4 is 44.4 Å². The number of amides is 1. The van der Waals surface area contributed by atoms with Crippen molar-refractivity contribution in [2.75, 3.05) is 11.6 Å². The zero-order valence-electron chi connectivity index (χ0n) is 15.6. The molecule has 2 aromatic carbocycles. The number of aromatic nitrogens is 1. The van der Waals surface area contributed by atoms with E-state index in [-0.39, 0.29) is 10.8 Å². The number of hydrogen-bond donors (Lipinski definition) is 1. The zero-order chi connectivity index (χ0) is 20.5. The summed E-state index contributed by atoms with van der Waals surface area (Å²) in [6.07, 6.45) is 2.00. The lowest BCUT2D eigenvalue weighted by atomic mass is 10.1. The summed E-state index contributed by atoms with van der Waals surface area (Å²) in [4.78, 5) is 17.3. The molecule has 1 aromatic heterocycles. The van der Waals surface area contributed by atoms with Gasteiger partial charge in [-0.25, -0.2) is 13.4 Å². The highest BCUT2D eigenvalue weighted by atomic mass is 35.5. The van der Waals surface area contributed by atoms with Gasteiger partial charge in [0.1, 0.15) is 0 Å². The van der Waals surface area contributed by atoms with E-state index in [0.717, 1.165) is 28.9 Å². The van der Waals surface area contributed by atoms with Gasteiger partial charge in [-0.2, -0.15) is 0 Å². The summed E-state index contributed by atoms with van der Waals surface area (Å²) < 4.78 is 23.3. The average Bonchev–Trinajstić information content (AvgIpc) is 3.09. The largest absolute Gasteiger partial charge is 0.322 e. The van der Waals surface area contributed by atoms with Crippen LogP contribution >= 0.6 is 22.9 Å². The molecule has 8 heteroatoms. The van der Waals surface area contributed by atoms with E-state index in [0.29, 0.717) is 21.8 Å². The second-order valence-corrected chi connectivity index (χ2v) is 9.74. The molecule has 0 unspecified atom stereocenters. The van der Waals surface area contributed by atoms with Crippen molar-refractivity contribution in [3.8, 4) is 11.3 Å². The van der Waals surface area contributed by atoms with Gasteiger partial charge in [0.15, 0.2) is 9.84 Å². The maximum atomic E-state index is 12.6. The van der Waals surface area contributed by atoms with Crippen LogP contribution in [0.3, 0.4) is 0 Å². The standard InChI is InChI=1S/C20H19ClN2O3S2/c1-4-19-23-18(11-27-19)16-7-5-13(10-17(16)21)22-20(24)15-8-6-14(9-12(15)2)28(3,25)26/h5-11H,4H2,1-3H3,(H,22,24). The molecular weight excluding hydrogens is 416 g/mol. The van der Waals surface area contributed by atoms with E-state index < -0.39 is 9.84 Å². The highest BCUT2D eigenvalue weighted by molar-refractivity contribution is 7.90. The van der Waals surface area contributed by atoms with Gasteiger partial charge in [-0.05, 0) is 55.3 Å². The molecule has 0 aliphatic rings. The van der Waals surface area contributed by atoms with Crippen LogP contribution in [-0.4, -0.2) is 25.6 Å². The molecule has 0 spiro atoms. The Morgan fingerprint density at radius 2 is 1.96 bits per heavy atom. The summed E-state index contributed by atoms with van der Waals surface area (Å²) in [6, 6.07) is 9.71. The van der Waals surface area contributed by atoms with Crippen LogP contribution < -0.4 is 5.32 Å². The van der Waals surface area contributed by atoms with Crippen molar-refractivity contribution in [2.24, 2.45) is 0 Å². The molecule has 0 radical (unpaired) electrons. The predicted octanol–water partition coefficient (Wildman–Crippen LogP) is 4.99. The Bertz CT molecular complexity index is 1150. The molecule has 1 N–H and O–H groups in total. The topological polar surface area (TPSA) is 76.1 Å². The molecule has 3 rings (SSSR count). The lowest BCUT2D eigenvalue weighted by Crippen LogP contribution is -2.14. The van der Waals surface area contributed by atoms with Gasteiger partial charge in [0.25, 0.3) is 5.91 Å². The lowest BCUT2D eigenvalue weighted by Gasteiger charge is -2.10. The van der Waals surface area contributed by atoms with Crippen LogP contribution in [0.1, 0.15) is 27.9 Å². The number of thiazole rings is 1. The number of anilines is 1. The minimum absolute atomic E-state index is 0.184. The van der Waals surface area contributed by atoms with Crippen LogP contribution in [-0.2, 0) is 16.3 Å². The van der Waals surface area contributed by atoms with Gasteiger partial charge in [-0.15, -0.1) is 11.3 Å². The molecule has 0 fully saturated rings. The summed E-state index contributed by atoms with van der Waals surface area (Å²) in [5.41, 5.74) is 3.16. The number of nitrogens with one attached hydrogen (secondary N) is 1. The quantitative estimate of drug-likeness (QED) is 0.613. The summed E-state index contributed by atoms with van der Waals surface area (Å²) >= 11 is 7.98. The van der Waals surface area contributed by atoms with E-state index in [4.69, 9.17) is 11.6 Å². The fraction of sp³-hybridized carbons (Fsp3) is 0.200. The third kappa shape index (κ3) is 4.43. The summed E-state index contributed by atoms with van der Waals surface area (Å²) in [6.45, 7) is 3.75. The first-order valence-electron chi connectivity index (χ1n) is 8.55. The van der Waals surface area contributed by atoms with Gasteiger partial charge in [-0.3, -0.25) is 4.79 Å². The Morgan fingerprint density at radius 1 is 1.21 bits per heavy atom. The summed E-state index contributed by atoms with van der Waals surface area (Å²) in [5, 5.41) is 6.30. The van der Waals surface area contributed by atoms with E-state index >= 15 is 0 Å². The minimum atomic E-state index is -3.32. The zero-order valence-corrected chi connectivity index (χ0v) is 18.0. The Morgan fingerprint density at radius 3 is 2.54 bits per heavy atom. The fourth-order valence-corrected chi connectivity index (χ4v) is 4.45. The van der Waals surface area contributed by atoms with Gasteiger partial charge < -0.3 is 5.32 Å². The van der Waals surface area contributed by atoms with Crippen molar-refractivity contribution in [3.63, 3.8) is 0 Å². The van der Waals surface area contributed by atoms with Gasteiger partial charge in [0.05, 0.1) is 20.6 Å². The fourth-order valence-electron chi connectivity index (χ4n) is 2.72. The summed E-state index contributed by atoms with van der Waals surface area (Å²) in [5.74, 6) is -0.330. The molecule has 0 atom stereocenters. The molecular formula is C20H19ClN2O3S2. The third-order valence-electron chi connectivity index (χ3n) is 4.23. The highest BCUT2D eigenvalue weighted by Crippen LogP contribution is 2.31. The minimum Gasteiger partial charge on any atom is -0.322 e. The van der Waals surface area contributed by atoms with Gasteiger partial charge in [-0.1, -0.05) is 18.5 Å². The molecule has 0 bridgehead atoms. The molecule has 1 amide bonds. The SMILES string of the molecule is CCc1nc(-c2ccc(NC(=O)c3ccc(S(C)(=O)=O)cc3C)cc2Cl)cs1. The lowest BCUT2D eigenvalue weighted by molar-refractivity contribution is 0.102. The average molecular weight is 435 g/mol. The van der Waals surface area contributed by atoms with Gasteiger partial charge in [0.2, 0.25) is 0 Å². The molecule has 1 heterocycles. The van der Waals surface area contributed by atoms with Crippen molar-refractivity contribution in [2.45, 2.75) is 25.2 Å². The number of carbonyl (C=O) groups is 1. The number of hydrogen-bond acceptors (Lipinski definition) is 5. The Balaban J connectivity index is 1.82. The first-order valence-corrected chi connectivity index (χ1v) is 11.7. The number of carbonyl (C=O) groups excluding carboxylic acids is 1. The van der Waals surface area contributed by atoms with Crippen LogP contribution in [0.2, 0.25) is 5.02 Å². The third-order valence-corrected chi connectivity index (χ3v) is 6.64. The highest BCUT2D eigenvalue weighted by Gasteiger charge is 2.15. The van der Waals surface area contributed by atoms with E-state index in [1.807, 2.05) is 18.4 Å². The molecule has 0 saturated carbocycles. The van der Waals surface area contributed by atoms with Crippen molar-refractivity contribution in [3.05, 3.63) is 62.9 Å². The van der Waals surface area contributed by atoms with Crippen LogP contribution in [0.4, 0.5) is 5.69 Å². The monoisotopic (exact) mass is 434 g/mol. The first-order chi connectivity index (χ1) is 13.2. The molecule has 3 aromatic rings. The van der Waals surface area contributed by atoms with Gasteiger partial charge in [0, 0.05) is 28.5 Å². The second-order valence-electron chi connectivity index (χ2n) is 6.38. The van der Waals surface area contributed by atoms with Crippen LogP contribution in [0.15, 0.2) is 46.7 Å². The smallest absolute Gasteiger partial charge is 0.255 e. The normalized spacial score (nSPS) is 11.4. The van der Waals surface area contributed by atoms with E-state index in [1.54, 1.807) is 30.4 Å². The maximum Gasteiger partial charge on any atom is 0.255 e. The Hall–Kier alpha value is -2.22. The number of sulfone groups is 1. The Kier molecular flexibility index (Phi) is 5.88. The van der Waals surface area contributed by atoms with Crippen LogP contribution in [0.25, 0.3) is 11.3 Å².